The zero-order valence-electron chi connectivity index (χ0n) is 14.0. The number of hydrogen-bond donors (Lipinski definition) is 1. The van der Waals surface area contributed by atoms with Crippen LogP contribution in [-0.4, -0.2) is 68.8 Å². The van der Waals surface area contributed by atoms with Crippen molar-refractivity contribution in [3.05, 3.63) is 30.2 Å². The van der Waals surface area contributed by atoms with Gasteiger partial charge in [-0.05, 0) is 13.0 Å². The molecule has 9 nitrogen and oxygen atoms in total. The third-order valence-corrected chi connectivity index (χ3v) is 4.05. The highest BCUT2D eigenvalue weighted by atomic mass is 16.2. The van der Waals surface area contributed by atoms with Crippen LogP contribution in [0.2, 0.25) is 0 Å². The Labute approximate surface area is 140 Å². The zero-order valence-corrected chi connectivity index (χ0v) is 14.0. The van der Waals surface area contributed by atoms with E-state index in [1.165, 1.54) is 0 Å². The molecule has 0 spiro atoms. The standard InChI is InChI=1S/C15H22N8O/c1-21(10-14-20-19-11-22(14)2)15(24)12-8-18-13(9-17-12)23-6-3-4-16-5-7-23/h8-9,11,16H,3-7,10H2,1-2H3. The molecule has 0 radical (unpaired) electrons. The molecule has 1 fully saturated rings. The predicted molar refractivity (Wildman–Crippen MR) is 88.5 cm³/mol. The van der Waals surface area contributed by atoms with E-state index in [0.29, 0.717) is 18.1 Å². The summed E-state index contributed by atoms with van der Waals surface area (Å²) in [6.07, 6.45) is 5.90. The Morgan fingerprint density at radius 2 is 2.17 bits per heavy atom. The van der Waals surface area contributed by atoms with Crippen molar-refractivity contribution in [1.82, 2.24) is 34.9 Å². The fourth-order valence-corrected chi connectivity index (χ4v) is 2.60. The summed E-state index contributed by atoms with van der Waals surface area (Å²) < 4.78 is 1.78. The van der Waals surface area contributed by atoms with Gasteiger partial charge in [0.1, 0.15) is 17.8 Å². The summed E-state index contributed by atoms with van der Waals surface area (Å²) in [4.78, 5) is 24.9. The highest BCUT2D eigenvalue weighted by Gasteiger charge is 2.17. The van der Waals surface area contributed by atoms with E-state index < -0.39 is 0 Å². The molecular weight excluding hydrogens is 308 g/mol. The van der Waals surface area contributed by atoms with E-state index in [-0.39, 0.29) is 5.91 Å². The lowest BCUT2D eigenvalue weighted by Crippen LogP contribution is -2.30. The third-order valence-electron chi connectivity index (χ3n) is 4.05. The number of nitrogens with zero attached hydrogens (tertiary/aromatic N) is 7. The van der Waals surface area contributed by atoms with Crippen molar-refractivity contribution < 1.29 is 4.79 Å². The summed E-state index contributed by atoms with van der Waals surface area (Å²) >= 11 is 0. The van der Waals surface area contributed by atoms with Crippen LogP contribution in [0.15, 0.2) is 18.7 Å². The van der Waals surface area contributed by atoms with Crippen molar-refractivity contribution in [1.29, 1.82) is 0 Å². The van der Waals surface area contributed by atoms with Gasteiger partial charge in [-0.3, -0.25) is 4.79 Å². The Hall–Kier alpha value is -2.55. The largest absolute Gasteiger partial charge is 0.354 e. The van der Waals surface area contributed by atoms with Gasteiger partial charge in [-0.25, -0.2) is 9.97 Å². The Balaban J connectivity index is 1.65. The van der Waals surface area contributed by atoms with Gasteiger partial charge in [0.2, 0.25) is 0 Å². The van der Waals surface area contributed by atoms with Gasteiger partial charge >= 0.3 is 0 Å². The number of anilines is 1. The van der Waals surface area contributed by atoms with E-state index in [2.05, 4.69) is 30.4 Å². The predicted octanol–water partition coefficient (Wildman–Crippen LogP) is -0.323. The minimum atomic E-state index is -0.186. The molecule has 128 valence electrons. The first kappa shape index (κ1) is 16.3. The molecule has 0 atom stereocenters. The lowest BCUT2D eigenvalue weighted by atomic mass is 10.3. The lowest BCUT2D eigenvalue weighted by Gasteiger charge is -2.21. The van der Waals surface area contributed by atoms with E-state index in [1.54, 1.807) is 35.2 Å². The molecule has 0 bridgehead atoms. The Kier molecular flexibility index (Phi) is 4.99. The SMILES string of the molecule is CN(Cc1nncn1C)C(=O)c1cnc(N2CCCNCC2)cn1. The summed E-state index contributed by atoms with van der Waals surface area (Å²) in [5, 5.41) is 11.2. The van der Waals surface area contributed by atoms with Gasteiger partial charge in [-0.1, -0.05) is 0 Å². The molecule has 1 amide bonds. The van der Waals surface area contributed by atoms with Crippen LogP contribution in [0, 0.1) is 0 Å². The molecule has 1 aliphatic rings. The number of rotatable bonds is 4. The second-order valence-electron chi connectivity index (χ2n) is 5.87. The zero-order chi connectivity index (χ0) is 16.9. The number of carbonyl (C=O) groups is 1. The maximum atomic E-state index is 12.5. The maximum absolute atomic E-state index is 12.5. The fourth-order valence-electron chi connectivity index (χ4n) is 2.60. The number of hydrogen-bond acceptors (Lipinski definition) is 7. The molecule has 3 heterocycles. The lowest BCUT2D eigenvalue weighted by molar-refractivity contribution is 0.0774. The molecule has 0 aromatic carbocycles. The van der Waals surface area contributed by atoms with Crippen LogP contribution in [-0.2, 0) is 13.6 Å². The minimum absolute atomic E-state index is 0.186. The fraction of sp³-hybridized carbons (Fsp3) is 0.533. The van der Waals surface area contributed by atoms with Gasteiger partial charge in [0.25, 0.3) is 5.91 Å². The van der Waals surface area contributed by atoms with Crippen molar-refractivity contribution in [2.45, 2.75) is 13.0 Å². The van der Waals surface area contributed by atoms with Crippen molar-refractivity contribution in [3.63, 3.8) is 0 Å². The van der Waals surface area contributed by atoms with E-state index in [9.17, 15) is 4.79 Å². The number of nitrogens with one attached hydrogen (secondary N) is 1. The molecule has 0 unspecified atom stereocenters. The van der Waals surface area contributed by atoms with Crippen LogP contribution in [0.25, 0.3) is 0 Å². The second-order valence-corrected chi connectivity index (χ2v) is 5.87. The molecule has 0 aliphatic carbocycles. The summed E-state index contributed by atoms with van der Waals surface area (Å²) in [5.74, 6) is 1.34. The minimum Gasteiger partial charge on any atom is -0.354 e. The quantitative estimate of drug-likeness (QED) is 0.821. The van der Waals surface area contributed by atoms with Crippen LogP contribution in [0.1, 0.15) is 22.7 Å². The molecular formula is C15H22N8O. The van der Waals surface area contributed by atoms with Crippen LogP contribution in [0.5, 0.6) is 0 Å². The van der Waals surface area contributed by atoms with Crippen molar-refractivity contribution in [3.8, 4) is 0 Å². The first-order valence-corrected chi connectivity index (χ1v) is 8.01. The van der Waals surface area contributed by atoms with Crippen molar-refractivity contribution >= 4 is 11.7 Å². The number of amides is 1. The average Bonchev–Trinajstić information content (AvgIpc) is 2.85. The van der Waals surface area contributed by atoms with E-state index in [4.69, 9.17) is 0 Å². The molecule has 24 heavy (non-hydrogen) atoms. The topological polar surface area (TPSA) is 92.1 Å². The monoisotopic (exact) mass is 330 g/mol. The van der Waals surface area contributed by atoms with Crippen LogP contribution < -0.4 is 10.2 Å². The summed E-state index contributed by atoms with van der Waals surface area (Å²) in [7, 11) is 3.56. The first-order valence-electron chi connectivity index (χ1n) is 8.01. The normalized spacial score (nSPS) is 15.2. The van der Waals surface area contributed by atoms with E-state index in [1.807, 2.05) is 7.05 Å². The van der Waals surface area contributed by atoms with Gasteiger partial charge in [-0.2, -0.15) is 0 Å². The van der Waals surface area contributed by atoms with Gasteiger partial charge in [0.15, 0.2) is 5.82 Å². The van der Waals surface area contributed by atoms with Gasteiger partial charge in [0, 0.05) is 33.7 Å². The van der Waals surface area contributed by atoms with Gasteiger partial charge < -0.3 is 19.7 Å². The highest BCUT2D eigenvalue weighted by Crippen LogP contribution is 2.11. The first-order chi connectivity index (χ1) is 11.6. The molecule has 0 saturated carbocycles. The number of aromatic nitrogens is 5. The van der Waals surface area contributed by atoms with Crippen molar-refractivity contribution in [2.75, 3.05) is 38.1 Å². The second kappa shape index (κ2) is 7.35. The summed E-state index contributed by atoms with van der Waals surface area (Å²) in [6.45, 7) is 4.17. The maximum Gasteiger partial charge on any atom is 0.274 e. The molecule has 9 heteroatoms. The van der Waals surface area contributed by atoms with Crippen LogP contribution in [0.4, 0.5) is 5.82 Å². The molecule has 2 aromatic heterocycles. The molecule has 1 saturated heterocycles. The summed E-state index contributed by atoms with van der Waals surface area (Å²) in [6, 6.07) is 0. The average molecular weight is 330 g/mol. The van der Waals surface area contributed by atoms with Gasteiger partial charge in [0.05, 0.1) is 18.9 Å². The molecule has 1 aliphatic heterocycles. The smallest absolute Gasteiger partial charge is 0.274 e. The van der Waals surface area contributed by atoms with Crippen LogP contribution >= 0.6 is 0 Å². The number of carbonyl (C=O) groups excluding carboxylic acids is 1. The summed E-state index contributed by atoms with van der Waals surface area (Å²) in [5.41, 5.74) is 0.330. The Morgan fingerprint density at radius 1 is 1.29 bits per heavy atom. The van der Waals surface area contributed by atoms with E-state index in [0.717, 1.165) is 38.4 Å². The number of aryl methyl sites for hydroxylation is 1. The molecule has 3 rings (SSSR count). The van der Waals surface area contributed by atoms with Crippen LogP contribution in [0.3, 0.4) is 0 Å². The Morgan fingerprint density at radius 3 is 2.88 bits per heavy atom. The van der Waals surface area contributed by atoms with Crippen molar-refractivity contribution in [2.24, 2.45) is 7.05 Å². The Bertz CT molecular complexity index is 675. The van der Waals surface area contributed by atoms with Gasteiger partial charge in [-0.15, -0.1) is 10.2 Å². The molecule has 2 aromatic rings. The third kappa shape index (κ3) is 3.67. The molecule has 1 N–H and O–H groups in total. The van der Waals surface area contributed by atoms with E-state index >= 15 is 0 Å². The highest BCUT2D eigenvalue weighted by molar-refractivity contribution is 5.91.